The summed E-state index contributed by atoms with van der Waals surface area (Å²) in [4.78, 5) is 16.7. The summed E-state index contributed by atoms with van der Waals surface area (Å²) < 4.78 is 0. The van der Waals surface area contributed by atoms with Crippen molar-refractivity contribution in [2.75, 3.05) is 25.0 Å². The zero-order valence-corrected chi connectivity index (χ0v) is 13.2. The van der Waals surface area contributed by atoms with Gasteiger partial charge in [0.1, 0.15) is 0 Å². The van der Waals surface area contributed by atoms with Crippen molar-refractivity contribution in [2.45, 2.75) is 45.3 Å². The second-order valence-corrected chi connectivity index (χ2v) is 6.10. The van der Waals surface area contributed by atoms with Gasteiger partial charge in [0, 0.05) is 18.8 Å². The number of piperidine rings is 1. The third-order valence-electron chi connectivity index (χ3n) is 4.19. The van der Waals surface area contributed by atoms with Gasteiger partial charge < -0.3 is 10.0 Å². The van der Waals surface area contributed by atoms with Crippen LogP contribution in [0.25, 0.3) is 0 Å². The lowest BCUT2D eigenvalue weighted by molar-refractivity contribution is -0.125. The van der Waals surface area contributed by atoms with Crippen LogP contribution in [0.15, 0.2) is 24.3 Å². The second-order valence-electron chi connectivity index (χ2n) is 6.10. The molecule has 0 bridgehead atoms. The molecule has 4 heteroatoms. The SMILES string of the molecule is Cc1ccc(N2CCCC(N(C)CCC(C)O)C2=O)cc1. The molecule has 1 heterocycles. The van der Waals surface area contributed by atoms with E-state index in [0.717, 1.165) is 31.6 Å². The van der Waals surface area contributed by atoms with Gasteiger partial charge in [-0.15, -0.1) is 0 Å². The predicted octanol–water partition coefficient (Wildman–Crippen LogP) is 2.19. The summed E-state index contributed by atoms with van der Waals surface area (Å²) in [5, 5.41) is 9.40. The average molecular weight is 290 g/mol. The lowest BCUT2D eigenvalue weighted by atomic mass is 10.0. The van der Waals surface area contributed by atoms with Crippen molar-refractivity contribution in [3.8, 4) is 0 Å². The maximum Gasteiger partial charge on any atom is 0.244 e. The quantitative estimate of drug-likeness (QED) is 0.904. The van der Waals surface area contributed by atoms with Crippen LogP contribution in [0.4, 0.5) is 5.69 Å². The minimum Gasteiger partial charge on any atom is -0.393 e. The Balaban J connectivity index is 2.05. The molecule has 2 atom stereocenters. The van der Waals surface area contributed by atoms with Gasteiger partial charge in [-0.2, -0.15) is 0 Å². The largest absolute Gasteiger partial charge is 0.393 e. The van der Waals surface area contributed by atoms with E-state index < -0.39 is 0 Å². The minimum atomic E-state index is -0.320. The number of rotatable bonds is 5. The Morgan fingerprint density at radius 3 is 2.67 bits per heavy atom. The Morgan fingerprint density at radius 1 is 1.38 bits per heavy atom. The van der Waals surface area contributed by atoms with Crippen LogP contribution in [0.1, 0.15) is 31.7 Å². The number of aliphatic hydroxyl groups is 1. The van der Waals surface area contributed by atoms with Gasteiger partial charge in [0.2, 0.25) is 5.91 Å². The Hall–Kier alpha value is -1.39. The van der Waals surface area contributed by atoms with E-state index in [0.29, 0.717) is 6.42 Å². The van der Waals surface area contributed by atoms with E-state index in [1.165, 1.54) is 5.56 Å². The third kappa shape index (κ3) is 4.05. The number of carbonyl (C=O) groups is 1. The van der Waals surface area contributed by atoms with Crippen LogP contribution in [0.2, 0.25) is 0 Å². The van der Waals surface area contributed by atoms with E-state index in [2.05, 4.69) is 11.8 Å². The molecule has 1 aliphatic heterocycles. The maximum atomic E-state index is 12.7. The minimum absolute atomic E-state index is 0.0706. The number of amides is 1. The lowest BCUT2D eigenvalue weighted by Gasteiger charge is -2.37. The van der Waals surface area contributed by atoms with Crippen LogP contribution in [0.5, 0.6) is 0 Å². The molecule has 1 aromatic rings. The summed E-state index contributed by atoms with van der Waals surface area (Å²) in [6.07, 6.45) is 2.30. The molecule has 1 fully saturated rings. The highest BCUT2D eigenvalue weighted by Gasteiger charge is 2.32. The molecule has 2 rings (SSSR count). The van der Waals surface area contributed by atoms with Crippen LogP contribution in [0.3, 0.4) is 0 Å². The van der Waals surface area contributed by atoms with Crippen molar-refractivity contribution in [3.05, 3.63) is 29.8 Å². The highest BCUT2D eigenvalue weighted by molar-refractivity contribution is 5.97. The molecule has 1 N–H and O–H groups in total. The van der Waals surface area contributed by atoms with Crippen molar-refractivity contribution in [2.24, 2.45) is 0 Å². The molecule has 0 aliphatic carbocycles. The molecule has 1 amide bonds. The number of hydrogen-bond donors (Lipinski definition) is 1. The topological polar surface area (TPSA) is 43.8 Å². The van der Waals surface area contributed by atoms with Gasteiger partial charge in [-0.3, -0.25) is 9.69 Å². The number of hydrogen-bond acceptors (Lipinski definition) is 3. The van der Waals surface area contributed by atoms with Gasteiger partial charge in [0.15, 0.2) is 0 Å². The number of benzene rings is 1. The van der Waals surface area contributed by atoms with Crippen molar-refractivity contribution in [1.29, 1.82) is 0 Å². The monoisotopic (exact) mass is 290 g/mol. The summed E-state index contributed by atoms with van der Waals surface area (Å²) in [7, 11) is 1.98. The van der Waals surface area contributed by atoms with Crippen LogP contribution < -0.4 is 4.90 Å². The van der Waals surface area contributed by atoms with Gasteiger partial charge in [0.05, 0.1) is 12.1 Å². The molecule has 0 aromatic heterocycles. The second kappa shape index (κ2) is 7.05. The predicted molar refractivity (Wildman–Crippen MR) is 85.5 cm³/mol. The van der Waals surface area contributed by atoms with E-state index >= 15 is 0 Å². The number of likely N-dealkylation sites (N-methyl/N-ethyl adjacent to an activating group) is 1. The van der Waals surface area contributed by atoms with Crippen molar-refractivity contribution in [1.82, 2.24) is 4.90 Å². The highest BCUT2D eigenvalue weighted by atomic mass is 16.3. The summed E-state index contributed by atoms with van der Waals surface area (Å²) >= 11 is 0. The first-order valence-corrected chi connectivity index (χ1v) is 7.75. The number of carbonyl (C=O) groups excluding carboxylic acids is 1. The first-order chi connectivity index (χ1) is 9.99. The zero-order valence-electron chi connectivity index (χ0n) is 13.2. The number of aryl methyl sites for hydroxylation is 1. The van der Waals surface area contributed by atoms with Crippen molar-refractivity contribution in [3.63, 3.8) is 0 Å². The highest BCUT2D eigenvalue weighted by Crippen LogP contribution is 2.23. The first-order valence-electron chi connectivity index (χ1n) is 7.75. The molecule has 21 heavy (non-hydrogen) atoms. The molecule has 1 aliphatic rings. The molecular weight excluding hydrogens is 264 g/mol. The van der Waals surface area contributed by atoms with E-state index in [1.807, 2.05) is 36.2 Å². The summed E-state index contributed by atoms with van der Waals surface area (Å²) in [6, 6.07) is 8.06. The summed E-state index contributed by atoms with van der Waals surface area (Å²) in [5.74, 6) is 0.179. The van der Waals surface area contributed by atoms with Gasteiger partial charge in [-0.1, -0.05) is 17.7 Å². The van der Waals surface area contributed by atoms with E-state index in [9.17, 15) is 9.90 Å². The van der Waals surface area contributed by atoms with Gasteiger partial charge in [-0.25, -0.2) is 0 Å². The third-order valence-corrected chi connectivity index (χ3v) is 4.19. The summed E-state index contributed by atoms with van der Waals surface area (Å²) in [6.45, 7) is 5.38. The van der Waals surface area contributed by atoms with E-state index in [1.54, 1.807) is 6.92 Å². The van der Waals surface area contributed by atoms with Gasteiger partial charge in [0.25, 0.3) is 0 Å². The molecule has 116 valence electrons. The number of nitrogens with zero attached hydrogens (tertiary/aromatic N) is 2. The van der Waals surface area contributed by atoms with E-state index in [4.69, 9.17) is 0 Å². The van der Waals surface area contributed by atoms with Gasteiger partial charge in [-0.05, 0) is 52.3 Å². The van der Waals surface area contributed by atoms with Crippen LogP contribution in [-0.4, -0.2) is 48.2 Å². The van der Waals surface area contributed by atoms with Crippen molar-refractivity contribution < 1.29 is 9.90 Å². The fourth-order valence-electron chi connectivity index (χ4n) is 2.79. The van der Waals surface area contributed by atoms with Gasteiger partial charge >= 0.3 is 0 Å². The smallest absolute Gasteiger partial charge is 0.244 e. The first kappa shape index (κ1) is 16.0. The Labute approximate surface area is 127 Å². The molecule has 1 aromatic carbocycles. The zero-order chi connectivity index (χ0) is 15.4. The van der Waals surface area contributed by atoms with Crippen molar-refractivity contribution >= 4 is 11.6 Å². The molecule has 4 nitrogen and oxygen atoms in total. The molecule has 1 saturated heterocycles. The standard InChI is InChI=1S/C17H26N2O2/c1-13-6-8-15(9-7-13)19-11-4-5-16(17(19)21)18(3)12-10-14(2)20/h6-9,14,16,20H,4-5,10-12H2,1-3H3. The normalized spacial score (nSPS) is 20.9. The number of aliphatic hydroxyl groups excluding tert-OH is 1. The van der Waals surface area contributed by atoms with Crippen LogP contribution in [-0.2, 0) is 4.79 Å². The molecule has 0 saturated carbocycles. The summed E-state index contributed by atoms with van der Waals surface area (Å²) in [5.41, 5.74) is 2.19. The molecule has 0 spiro atoms. The Kier molecular flexibility index (Phi) is 5.37. The average Bonchev–Trinajstić information content (AvgIpc) is 2.46. The van der Waals surface area contributed by atoms with Crippen LogP contribution >= 0.6 is 0 Å². The Bertz CT molecular complexity index is 470. The Morgan fingerprint density at radius 2 is 2.05 bits per heavy atom. The fraction of sp³-hybridized carbons (Fsp3) is 0.588. The molecular formula is C17H26N2O2. The van der Waals surface area contributed by atoms with E-state index in [-0.39, 0.29) is 18.1 Å². The number of anilines is 1. The lowest BCUT2D eigenvalue weighted by Crippen LogP contribution is -2.51. The molecule has 2 unspecified atom stereocenters. The van der Waals surface area contributed by atoms with Crippen LogP contribution in [0, 0.1) is 6.92 Å². The fourth-order valence-corrected chi connectivity index (χ4v) is 2.79. The molecule has 0 radical (unpaired) electrons. The maximum absolute atomic E-state index is 12.7.